The molecule has 0 aromatic carbocycles. The smallest absolute Gasteiger partial charge is 0.141 e. The maximum atomic E-state index is 6.07. The first-order valence-corrected chi connectivity index (χ1v) is 6.32. The Balaban J connectivity index is 2.28. The van der Waals surface area contributed by atoms with Gasteiger partial charge in [-0.15, -0.1) is 11.3 Å². The maximum absolute atomic E-state index is 6.07. The molecule has 0 saturated heterocycles. The minimum Gasteiger partial charge on any atom is -0.222 e. The van der Waals surface area contributed by atoms with E-state index >= 15 is 0 Å². The average molecular weight is 241 g/mol. The van der Waals surface area contributed by atoms with Gasteiger partial charge in [0.05, 0.1) is 0 Å². The van der Waals surface area contributed by atoms with Crippen LogP contribution in [0.2, 0.25) is 5.15 Å². The third-order valence-electron chi connectivity index (χ3n) is 2.27. The van der Waals surface area contributed by atoms with Crippen molar-refractivity contribution in [2.24, 2.45) is 5.92 Å². The van der Waals surface area contributed by atoms with E-state index in [2.05, 4.69) is 23.8 Å². The molecule has 4 heteroatoms. The Morgan fingerprint density at radius 3 is 2.93 bits per heavy atom. The SMILES string of the molecule is CC(C)CCc1nc(Cl)c2ccsc2n1. The van der Waals surface area contributed by atoms with Crippen LogP contribution < -0.4 is 0 Å². The third-order valence-corrected chi connectivity index (χ3v) is 3.36. The van der Waals surface area contributed by atoms with Gasteiger partial charge in [-0.05, 0) is 23.8 Å². The Morgan fingerprint density at radius 1 is 1.40 bits per heavy atom. The van der Waals surface area contributed by atoms with Crippen molar-refractivity contribution in [1.29, 1.82) is 0 Å². The first-order chi connectivity index (χ1) is 7.16. The summed E-state index contributed by atoms with van der Waals surface area (Å²) in [4.78, 5) is 9.79. The van der Waals surface area contributed by atoms with E-state index in [1.807, 2.05) is 11.4 Å². The molecular weight excluding hydrogens is 228 g/mol. The first kappa shape index (κ1) is 10.8. The molecule has 2 nitrogen and oxygen atoms in total. The second kappa shape index (κ2) is 4.45. The van der Waals surface area contributed by atoms with Crippen molar-refractivity contribution in [3.8, 4) is 0 Å². The number of aromatic nitrogens is 2. The number of nitrogens with zero attached hydrogens (tertiary/aromatic N) is 2. The predicted molar refractivity (Wildman–Crippen MR) is 65.6 cm³/mol. The Kier molecular flexibility index (Phi) is 3.22. The van der Waals surface area contributed by atoms with E-state index in [0.717, 1.165) is 28.9 Å². The average Bonchev–Trinajstić information content (AvgIpc) is 2.63. The van der Waals surface area contributed by atoms with Gasteiger partial charge in [0.2, 0.25) is 0 Å². The van der Waals surface area contributed by atoms with Gasteiger partial charge in [-0.3, -0.25) is 0 Å². The van der Waals surface area contributed by atoms with Gasteiger partial charge in [-0.1, -0.05) is 25.4 Å². The van der Waals surface area contributed by atoms with Crippen molar-refractivity contribution in [2.75, 3.05) is 0 Å². The van der Waals surface area contributed by atoms with Crippen LogP contribution in [0.1, 0.15) is 26.1 Å². The van der Waals surface area contributed by atoms with Crippen LogP contribution in [0.3, 0.4) is 0 Å². The first-order valence-electron chi connectivity index (χ1n) is 5.06. The number of thiophene rings is 1. The maximum Gasteiger partial charge on any atom is 0.141 e. The molecule has 0 aliphatic carbocycles. The highest BCUT2D eigenvalue weighted by Gasteiger charge is 2.07. The van der Waals surface area contributed by atoms with Crippen molar-refractivity contribution in [3.63, 3.8) is 0 Å². The van der Waals surface area contributed by atoms with E-state index in [1.54, 1.807) is 11.3 Å². The predicted octanol–water partition coefficient (Wildman–Crippen LogP) is 3.93. The van der Waals surface area contributed by atoms with Crippen LogP contribution in [-0.4, -0.2) is 9.97 Å². The van der Waals surface area contributed by atoms with Crippen LogP contribution in [0.15, 0.2) is 11.4 Å². The molecule has 0 bridgehead atoms. The fraction of sp³-hybridized carbons (Fsp3) is 0.455. The molecule has 0 unspecified atom stereocenters. The number of rotatable bonds is 3. The summed E-state index contributed by atoms with van der Waals surface area (Å²) in [6.07, 6.45) is 2.01. The van der Waals surface area contributed by atoms with Crippen molar-refractivity contribution in [1.82, 2.24) is 9.97 Å². The van der Waals surface area contributed by atoms with Gasteiger partial charge in [0, 0.05) is 11.8 Å². The molecule has 0 aliphatic heterocycles. The van der Waals surface area contributed by atoms with Gasteiger partial charge in [0.15, 0.2) is 0 Å². The van der Waals surface area contributed by atoms with Gasteiger partial charge < -0.3 is 0 Å². The van der Waals surface area contributed by atoms with Gasteiger partial charge in [0.1, 0.15) is 15.8 Å². The Morgan fingerprint density at radius 2 is 2.20 bits per heavy atom. The Labute approximate surface area is 98.3 Å². The summed E-state index contributed by atoms with van der Waals surface area (Å²) in [6.45, 7) is 4.40. The minimum atomic E-state index is 0.583. The van der Waals surface area contributed by atoms with Crippen LogP contribution >= 0.6 is 22.9 Å². The fourth-order valence-corrected chi connectivity index (χ4v) is 2.48. The summed E-state index contributed by atoms with van der Waals surface area (Å²) in [5.74, 6) is 1.54. The van der Waals surface area contributed by atoms with E-state index in [4.69, 9.17) is 11.6 Å². The fourth-order valence-electron chi connectivity index (χ4n) is 1.39. The number of hydrogen-bond acceptors (Lipinski definition) is 3. The Hall–Kier alpha value is -0.670. The van der Waals surface area contributed by atoms with Crippen LogP contribution in [0.5, 0.6) is 0 Å². The molecule has 15 heavy (non-hydrogen) atoms. The molecule has 0 fully saturated rings. The van der Waals surface area contributed by atoms with Crippen LogP contribution in [-0.2, 0) is 6.42 Å². The van der Waals surface area contributed by atoms with Crippen LogP contribution in [0.25, 0.3) is 10.2 Å². The molecule has 0 aliphatic rings. The molecule has 2 aromatic heterocycles. The molecule has 80 valence electrons. The number of hydrogen-bond donors (Lipinski definition) is 0. The zero-order valence-electron chi connectivity index (χ0n) is 8.83. The van der Waals surface area contributed by atoms with Gasteiger partial charge in [-0.2, -0.15) is 0 Å². The molecule has 2 rings (SSSR count). The third kappa shape index (κ3) is 2.47. The topological polar surface area (TPSA) is 25.8 Å². The lowest BCUT2D eigenvalue weighted by Gasteiger charge is -2.03. The van der Waals surface area contributed by atoms with E-state index in [9.17, 15) is 0 Å². The summed E-state index contributed by atoms with van der Waals surface area (Å²) in [5, 5.41) is 3.55. The molecule has 0 spiro atoms. The molecule has 2 aromatic rings. The van der Waals surface area contributed by atoms with Gasteiger partial charge in [-0.25, -0.2) is 9.97 Å². The van der Waals surface area contributed by atoms with Gasteiger partial charge >= 0.3 is 0 Å². The second-order valence-electron chi connectivity index (χ2n) is 4.00. The van der Waals surface area contributed by atoms with E-state index in [-0.39, 0.29) is 0 Å². The van der Waals surface area contributed by atoms with Crippen molar-refractivity contribution < 1.29 is 0 Å². The molecule has 0 radical (unpaired) electrons. The summed E-state index contributed by atoms with van der Waals surface area (Å²) in [7, 11) is 0. The lowest BCUT2D eigenvalue weighted by molar-refractivity contribution is 0.576. The molecule has 0 atom stereocenters. The largest absolute Gasteiger partial charge is 0.222 e. The normalized spacial score (nSPS) is 11.5. The highest BCUT2D eigenvalue weighted by Crippen LogP contribution is 2.25. The standard InChI is InChI=1S/C11H13ClN2S/c1-7(2)3-4-9-13-10(12)8-5-6-15-11(8)14-9/h5-7H,3-4H2,1-2H3. The second-order valence-corrected chi connectivity index (χ2v) is 5.26. The van der Waals surface area contributed by atoms with E-state index in [0.29, 0.717) is 11.1 Å². The molecular formula is C11H13ClN2S. The van der Waals surface area contributed by atoms with Crippen LogP contribution in [0, 0.1) is 5.92 Å². The summed E-state index contributed by atoms with van der Waals surface area (Å²) >= 11 is 7.69. The molecule has 2 heterocycles. The van der Waals surface area contributed by atoms with Crippen molar-refractivity contribution >= 4 is 33.2 Å². The Bertz CT molecular complexity index is 465. The monoisotopic (exact) mass is 240 g/mol. The number of halogens is 1. The van der Waals surface area contributed by atoms with E-state index in [1.165, 1.54) is 0 Å². The summed E-state index contributed by atoms with van der Waals surface area (Å²) < 4.78 is 0. The zero-order valence-corrected chi connectivity index (χ0v) is 10.4. The zero-order chi connectivity index (χ0) is 10.8. The van der Waals surface area contributed by atoms with Crippen LogP contribution in [0.4, 0.5) is 0 Å². The van der Waals surface area contributed by atoms with Crippen molar-refractivity contribution in [2.45, 2.75) is 26.7 Å². The molecule has 0 saturated carbocycles. The number of fused-ring (bicyclic) bond motifs is 1. The summed E-state index contributed by atoms with van der Waals surface area (Å²) in [6, 6.07) is 1.97. The van der Waals surface area contributed by atoms with E-state index < -0.39 is 0 Å². The summed E-state index contributed by atoms with van der Waals surface area (Å²) in [5.41, 5.74) is 0. The lowest BCUT2D eigenvalue weighted by Crippen LogP contribution is -1.98. The highest BCUT2D eigenvalue weighted by molar-refractivity contribution is 7.16. The lowest BCUT2D eigenvalue weighted by atomic mass is 10.1. The minimum absolute atomic E-state index is 0.583. The highest BCUT2D eigenvalue weighted by atomic mass is 35.5. The van der Waals surface area contributed by atoms with Crippen molar-refractivity contribution in [3.05, 3.63) is 22.4 Å². The van der Waals surface area contributed by atoms with Gasteiger partial charge in [0.25, 0.3) is 0 Å². The quantitative estimate of drug-likeness (QED) is 0.760. The number of aryl methyl sites for hydroxylation is 1. The molecule has 0 amide bonds. The molecule has 0 N–H and O–H groups in total.